The number of aliphatic hydroxyl groups excluding tert-OH is 1. The summed E-state index contributed by atoms with van der Waals surface area (Å²) >= 11 is 0. The normalized spacial score (nSPS) is 30.2. The summed E-state index contributed by atoms with van der Waals surface area (Å²) in [6, 6.07) is 3.71. The number of rotatable bonds is 3. The molecule has 1 fully saturated rings. The van der Waals surface area contributed by atoms with Crippen LogP contribution < -0.4 is 4.74 Å². The average Bonchev–Trinajstić information content (AvgIpc) is 3.03. The lowest BCUT2D eigenvalue weighted by atomic mass is 9.98. The molecule has 2 aliphatic rings. The molecule has 176 valence electrons. The summed E-state index contributed by atoms with van der Waals surface area (Å²) in [5.41, 5.74) is 1.97. The number of carbonyl (C=O) groups excluding carboxylic acids is 1. The predicted molar refractivity (Wildman–Crippen MR) is 120 cm³/mol. The maximum atomic E-state index is 13.2. The lowest BCUT2D eigenvalue weighted by Crippen LogP contribution is -2.34. The first-order chi connectivity index (χ1) is 15.1. The summed E-state index contributed by atoms with van der Waals surface area (Å²) in [6.07, 6.45) is 5.71. The summed E-state index contributed by atoms with van der Waals surface area (Å²) in [5, 5.41) is 10.7. The van der Waals surface area contributed by atoms with Gasteiger partial charge in [0.2, 0.25) is 0 Å². The molecule has 1 unspecified atom stereocenters. The van der Waals surface area contributed by atoms with Gasteiger partial charge in [-0.15, -0.1) is 0 Å². The molecular formula is C25H34O7. The van der Waals surface area contributed by atoms with Gasteiger partial charge in [0.1, 0.15) is 29.6 Å². The molecule has 1 N–H and O–H groups in total. The Morgan fingerprint density at radius 1 is 1.19 bits per heavy atom. The maximum absolute atomic E-state index is 13.2. The van der Waals surface area contributed by atoms with E-state index in [9.17, 15) is 9.90 Å². The van der Waals surface area contributed by atoms with E-state index in [4.69, 9.17) is 23.7 Å². The first-order valence-corrected chi connectivity index (χ1v) is 11.0. The Bertz CT molecular complexity index is 873. The van der Waals surface area contributed by atoms with Crippen LogP contribution in [0.4, 0.5) is 0 Å². The van der Waals surface area contributed by atoms with Crippen LogP contribution in [0.2, 0.25) is 0 Å². The van der Waals surface area contributed by atoms with Crippen molar-refractivity contribution in [2.75, 3.05) is 13.9 Å². The van der Waals surface area contributed by atoms with E-state index in [-0.39, 0.29) is 18.8 Å². The molecule has 0 spiro atoms. The fourth-order valence-corrected chi connectivity index (χ4v) is 3.92. The van der Waals surface area contributed by atoms with Gasteiger partial charge in [0, 0.05) is 13.0 Å². The largest absolute Gasteiger partial charge is 0.467 e. The number of cyclic esters (lactones) is 1. The molecule has 1 aromatic carbocycles. The predicted octanol–water partition coefficient (Wildman–Crippen LogP) is 4.01. The molecule has 0 aliphatic carbocycles. The second kappa shape index (κ2) is 10.2. The third kappa shape index (κ3) is 5.78. The highest BCUT2D eigenvalue weighted by Crippen LogP contribution is 2.34. The standard InChI is InChI=1S/C25H34O7/c1-15-12-18-8-7-9-20-23(32-25(4,5)31-20)19(26)11-10-16(2)17(3)30-24(27)22(18)21(13-15)29-14-28-6/h7-8,10-13,16-17,19-20,23,26H,9,14H2,1-6H3/t16-,17+,19?,20+,23-/m1/s1. The molecule has 2 heterocycles. The number of carbonyl (C=O) groups is 1. The number of methoxy groups -OCH3 is 1. The van der Waals surface area contributed by atoms with Gasteiger partial charge in [-0.1, -0.05) is 37.3 Å². The van der Waals surface area contributed by atoms with Crippen molar-refractivity contribution in [3.63, 3.8) is 0 Å². The Hall–Kier alpha value is -2.19. The van der Waals surface area contributed by atoms with Crippen LogP contribution in [0.25, 0.3) is 6.08 Å². The van der Waals surface area contributed by atoms with E-state index < -0.39 is 30.1 Å². The van der Waals surface area contributed by atoms with Crippen LogP contribution in [0.3, 0.4) is 0 Å². The Morgan fingerprint density at radius 3 is 2.66 bits per heavy atom. The summed E-state index contributed by atoms with van der Waals surface area (Å²) in [4.78, 5) is 13.2. The van der Waals surface area contributed by atoms with Crippen LogP contribution >= 0.6 is 0 Å². The number of esters is 1. The Balaban J connectivity index is 2.04. The second-order valence-electron chi connectivity index (χ2n) is 8.90. The minimum absolute atomic E-state index is 0.0173. The second-order valence-corrected chi connectivity index (χ2v) is 8.90. The van der Waals surface area contributed by atoms with Gasteiger partial charge in [0.05, 0.1) is 6.10 Å². The number of benzene rings is 1. The molecule has 0 aromatic heterocycles. The molecule has 7 heteroatoms. The van der Waals surface area contributed by atoms with Gasteiger partial charge in [-0.05, 0) is 51.3 Å². The zero-order valence-electron chi connectivity index (χ0n) is 19.7. The number of aryl methyl sites for hydroxylation is 1. The minimum Gasteiger partial charge on any atom is -0.467 e. The lowest BCUT2D eigenvalue weighted by Gasteiger charge is -2.23. The summed E-state index contributed by atoms with van der Waals surface area (Å²) in [7, 11) is 1.53. The number of hydrogen-bond donors (Lipinski definition) is 1. The fraction of sp³-hybridized carbons (Fsp3) is 0.560. The van der Waals surface area contributed by atoms with Crippen LogP contribution in [0.5, 0.6) is 5.75 Å². The van der Waals surface area contributed by atoms with Gasteiger partial charge in [-0.25, -0.2) is 4.79 Å². The van der Waals surface area contributed by atoms with Gasteiger partial charge in [-0.2, -0.15) is 0 Å². The topological polar surface area (TPSA) is 83.5 Å². The molecule has 0 saturated carbocycles. The smallest absolute Gasteiger partial charge is 0.342 e. The van der Waals surface area contributed by atoms with Crippen molar-refractivity contribution in [3.8, 4) is 5.75 Å². The molecule has 7 nitrogen and oxygen atoms in total. The third-order valence-corrected chi connectivity index (χ3v) is 5.68. The molecule has 1 aromatic rings. The van der Waals surface area contributed by atoms with E-state index in [0.29, 0.717) is 23.3 Å². The van der Waals surface area contributed by atoms with E-state index in [1.165, 1.54) is 7.11 Å². The van der Waals surface area contributed by atoms with Gasteiger partial charge in [0.15, 0.2) is 12.6 Å². The average molecular weight is 447 g/mol. The van der Waals surface area contributed by atoms with Crippen molar-refractivity contribution in [1.29, 1.82) is 0 Å². The van der Waals surface area contributed by atoms with Crippen molar-refractivity contribution in [1.82, 2.24) is 0 Å². The third-order valence-electron chi connectivity index (χ3n) is 5.68. The SMILES string of the molecule is COCOc1cc(C)cc2c1C(=O)O[C@@H](C)[C@H](C)C=CC(O)[C@H]1OC(C)(C)O[C@H]1CC=C2. The molecule has 0 amide bonds. The first-order valence-electron chi connectivity index (χ1n) is 11.0. The van der Waals surface area contributed by atoms with Gasteiger partial charge in [-0.3, -0.25) is 0 Å². The molecule has 0 radical (unpaired) electrons. The van der Waals surface area contributed by atoms with Crippen molar-refractivity contribution in [2.45, 2.75) is 71.2 Å². The summed E-state index contributed by atoms with van der Waals surface area (Å²) < 4.78 is 28.5. The van der Waals surface area contributed by atoms with Gasteiger partial charge < -0.3 is 28.8 Å². The Kier molecular flexibility index (Phi) is 7.77. The molecule has 2 aliphatic heterocycles. The Labute approximate surface area is 189 Å². The van der Waals surface area contributed by atoms with Crippen molar-refractivity contribution < 1.29 is 33.6 Å². The zero-order valence-corrected chi connectivity index (χ0v) is 19.7. The van der Waals surface area contributed by atoms with E-state index in [1.807, 2.05) is 58.9 Å². The van der Waals surface area contributed by atoms with E-state index in [2.05, 4.69) is 0 Å². The Morgan fingerprint density at radius 2 is 1.94 bits per heavy atom. The highest BCUT2D eigenvalue weighted by Gasteiger charge is 2.43. The first kappa shape index (κ1) is 24.5. The molecule has 5 atom stereocenters. The van der Waals surface area contributed by atoms with Crippen LogP contribution in [-0.2, 0) is 18.9 Å². The van der Waals surface area contributed by atoms with Crippen LogP contribution in [0.15, 0.2) is 30.4 Å². The highest BCUT2D eigenvalue weighted by molar-refractivity contribution is 5.97. The molecule has 0 bridgehead atoms. The van der Waals surface area contributed by atoms with Crippen LogP contribution in [0.1, 0.15) is 55.6 Å². The van der Waals surface area contributed by atoms with Crippen LogP contribution in [-0.4, -0.2) is 55.2 Å². The highest BCUT2D eigenvalue weighted by atomic mass is 16.8. The van der Waals surface area contributed by atoms with Crippen molar-refractivity contribution >= 4 is 12.0 Å². The quantitative estimate of drug-likeness (QED) is 0.427. The summed E-state index contributed by atoms with van der Waals surface area (Å²) in [6.45, 7) is 9.38. The summed E-state index contributed by atoms with van der Waals surface area (Å²) in [5.74, 6) is -0.980. The molecule has 3 rings (SSSR count). The maximum Gasteiger partial charge on any atom is 0.342 e. The van der Waals surface area contributed by atoms with Crippen molar-refractivity contribution in [2.24, 2.45) is 5.92 Å². The number of ether oxygens (including phenoxy) is 5. The van der Waals surface area contributed by atoms with Gasteiger partial charge in [0.25, 0.3) is 0 Å². The minimum atomic E-state index is -0.841. The molecule has 32 heavy (non-hydrogen) atoms. The van der Waals surface area contributed by atoms with Gasteiger partial charge >= 0.3 is 5.97 Å². The molecular weight excluding hydrogens is 412 g/mol. The van der Waals surface area contributed by atoms with E-state index in [1.54, 1.807) is 12.1 Å². The fourth-order valence-electron chi connectivity index (χ4n) is 3.92. The van der Waals surface area contributed by atoms with E-state index >= 15 is 0 Å². The van der Waals surface area contributed by atoms with Crippen molar-refractivity contribution in [3.05, 3.63) is 47.1 Å². The van der Waals surface area contributed by atoms with E-state index in [0.717, 1.165) is 5.56 Å². The monoisotopic (exact) mass is 446 g/mol. The lowest BCUT2D eigenvalue weighted by molar-refractivity contribution is -0.152. The zero-order chi connectivity index (χ0) is 23.5. The van der Waals surface area contributed by atoms with Crippen LogP contribution in [0, 0.1) is 12.8 Å². The number of hydrogen-bond acceptors (Lipinski definition) is 7. The molecule has 1 saturated heterocycles. The number of fused-ring (bicyclic) bond motifs is 2. The number of aliphatic hydroxyl groups is 1.